The predicted octanol–water partition coefficient (Wildman–Crippen LogP) is 5.60. The monoisotopic (exact) mass is 462 g/mol. The summed E-state index contributed by atoms with van der Waals surface area (Å²) in [6, 6.07) is 9.72. The third kappa shape index (κ3) is 4.57. The van der Waals surface area contributed by atoms with Crippen LogP contribution >= 0.6 is 11.3 Å². The number of hydrogen-bond donors (Lipinski definition) is 0. The Kier molecular flexibility index (Phi) is 6.00. The van der Waals surface area contributed by atoms with Crippen LogP contribution in [0.1, 0.15) is 58.6 Å². The van der Waals surface area contributed by atoms with E-state index in [1.807, 2.05) is 17.9 Å². The molecule has 3 aromatic heterocycles. The van der Waals surface area contributed by atoms with Gasteiger partial charge in [-0.2, -0.15) is 0 Å². The molecule has 0 aliphatic carbocycles. The predicted molar refractivity (Wildman–Crippen MR) is 123 cm³/mol. The molecule has 0 spiro atoms. The summed E-state index contributed by atoms with van der Waals surface area (Å²) in [6.45, 7) is 2.59. The first-order chi connectivity index (χ1) is 16.1. The van der Waals surface area contributed by atoms with Gasteiger partial charge in [0.15, 0.2) is 0 Å². The minimum absolute atomic E-state index is 0.0520. The number of likely N-dealkylation sites (tertiary alicyclic amines) is 1. The second-order valence-electron chi connectivity index (χ2n) is 8.17. The van der Waals surface area contributed by atoms with Crippen molar-refractivity contribution in [3.8, 4) is 10.6 Å². The number of amides is 1. The van der Waals surface area contributed by atoms with Crippen molar-refractivity contribution in [2.24, 2.45) is 0 Å². The molecule has 8 heteroatoms. The fraction of sp³-hybridized carbons (Fsp3) is 0.280. The first kappa shape index (κ1) is 21.5. The van der Waals surface area contributed by atoms with Crippen LogP contribution in [0.4, 0.5) is 4.39 Å². The topological polar surface area (TPSA) is 72.1 Å². The van der Waals surface area contributed by atoms with Crippen molar-refractivity contribution in [1.82, 2.24) is 19.9 Å². The van der Waals surface area contributed by atoms with E-state index < -0.39 is 0 Å². The van der Waals surface area contributed by atoms with E-state index in [1.54, 1.807) is 36.1 Å². The van der Waals surface area contributed by atoms with Crippen LogP contribution in [-0.2, 0) is 6.42 Å². The quantitative estimate of drug-likeness (QED) is 0.386. The van der Waals surface area contributed by atoms with Gasteiger partial charge in [-0.25, -0.2) is 14.4 Å². The summed E-state index contributed by atoms with van der Waals surface area (Å²) in [5, 5.41) is 0. The van der Waals surface area contributed by atoms with Gasteiger partial charge in [-0.15, -0.1) is 11.3 Å². The van der Waals surface area contributed by atoms with Crippen LogP contribution in [0.15, 0.2) is 58.7 Å². The number of halogens is 1. The Hall–Kier alpha value is -3.39. The number of aromatic nitrogens is 3. The third-order valence-electron chi connectivity index (χ3n) is 5.90. The summed E-state index contributed by atoms with van der Waals surface area (Å²) in [7, 11) is 0. The number of pyridine rings is 1. The van der Waals surface area contributed by atoms with E-state index in [0.717, 1.165) is 41.1 Å². The number of aryl methyl sites for hydroxylation is 1. The van der Waals surface area contributed by atoms with Crippen LogP contribution in [0.3, 0.4) is 0 Å². The number of carbonyl (C=O) groups excluding carboxylic acids is 1. The minimum atomic E-state index is -0.266. The fourth-order valence-corrected chi connectivity index (χ4v) is 4.97. The molecule has 168 valence electrons. The van der Waals surface area contributed by atoms with Crippen LogP contribution in [0.2, 0.25) is 0 Å². The number of thiazole rings is 1. The van der Waals surface area contributed by atoms with Crippen molar-refractivity contribution in [3.05, 3.63) is 88.6 Å². The van der Waals surface area contributed by atoms with Crippen molar-refractivity contribution in [3.63, 3.8) is 0 Å². The van der Waals surface area contributed by atoms with Crippen molar-refractivity contribution in [1.29, 1.82) is 0 Å². The van der Waals surface area contributed by atoms with Gasteiger partial charge in [-0.05, 0) is 56.0 Å². The minimum Gasteiger partial charge on any atom is -0.443 e. The molecular weight excluding hydrogens is 439 g/mol. The number of rotatable bonds is 5. The smallest absolute Gasteiger partial charge is 0.254 e. The van der Waals surface area contributed by atoms with Gasteiger partial charge in [0.25, 0.3) is 5.91 Å². The van der Waals surface area contributed by atoms with Gasteiger partial charge in [-0.3, -0.25) is 9.78 Å². The van der Waals surface area contributed by atoms with Gasteiger partial charge < -0.3 is 9.32 Å². The fourth-order valence-electron chi connectivity index (χ4n) is 4.19. The third-order valence-corrected chi connectivity index (χ3v) is 6.85. The molecule has 1 saturated heterocycles. The highest BCUT2D eigenvalue weighted by atomic mass is 32.1. The van der Waals surface area contributed by atoms with Gasteiger partial charge in [-0.1, -0.05) is 12.1 Å². The molecule has 0 N–H and O–H groups in total. The number of carbonyl (C=O) groups is 1. The van der Waals surface area contributed by atoms with E-state index >= 15 is 0 Å². The second kappa shape index (κ2) is 9.23. The SMILES string of the molecule is Cc1ncsc1-c1cc(C(=O)N2CCCCC2c2ncc(Cc3ccc(F)cc3)o2)ccn1. The maximum Gasteiger partial charge on any atom is 0.254 e. The average Bonchev–Trinajstić information content (AvgIpc) is 3.49. The number of nitrogens with zero attached hydrogens (tertiary/aromatic N) is 4. The molecular formula is C25H23FN4O2S. The lowest BCUT2D eigenvalue weighted by atomic mass is 10.0. The van der Waals surface area contributed by atoms with Gasteiger partial charge in [0.05, 0.1) is 28.0 Å². The lowest BCUT2D eigenvalue weighted by Gasteiger charge is -2.33. The lowest BCUT2D eigenvalue weighted by Crippen LogP contribution is -2.38. The van der Waals surface area contributed by atoms with Gasteiger partial charge in [0.1, 0.15) is 17.6 Å². The average molecular weight is 463 g/mol. The number of benzene rings is 1. The van der Waals surface area contributed by atoms with Gasteiger partial charge in [0, 0.05) is 24.7 Å². The molecule has 1 aliphatic heterocycles. The highest BCUT2D eigenvalue weighted by molar-refractivity contribution is 7.13. The molecule has 1 aromatic carbocycles. The van der Waals surface area contributed by atoms with Crippen molar-refractivity contribution < 1.29 is 13.6 Å². The summed E-state index contributed by atoms with van der Waals surface area (Å²) >= 11 is 1.52. The standard InChI is InChI=1S/C25H23FN4O2S/c1-16-23(33-15-29-16)21-13-18(9-10-27-21)25(31)30-11-3-2-4-22(30)24-28-14-20(32-24)12-17-5-7-19(26)8-6-17/h5-10,13-15,22H,2-4,11-12H2,1H3. The second-order valence-corrected chi connectivity index (χ2v) is 9.03. The summed E-state index contributed by atoms with van der Waals surface area (Å²) in [6.07, 6.45) is 6.65. The summed E-state index contributed by atoms with van der Waals surface area (Å²) < 4.78 is 19.2. The zero-order valence-electron chi connectivity index (χ0n) is 18.2. The molecule has 1 amide bonds. The molecule has 0 bridgehead atoms. The van der Waals surface area contributed by atoms with Crippen LogP contribution in [0.5, 0.6) is 0 Å². The van der Waals surface area contributed by atoms with E-state index in [1.165, 1.54) is 23.5 Å². The largest absolute Gasteiger partial charge is 0.443 e. The maximum absolute atomic E-state index is 13.5. The van der Waals surface area contributed by atoms with E-state index in [-0.39, 0.29) is 17.8 Å². The zero-order chi connectivity index (χ0) is 22.8. The molecule has 33 heavy (non-hydrogen) atoms. The summed E-state index contributed by atoms with van der Waals surface area (Å²) in [5.41, 5.74) is 4.98. The Morgan fingerprint density at radius 3 is 2.82 bits per heavy atom. The molecule has 1 fully saturated rings. The van der Waals surface area contributed by atoms with Crippen LogP contribution in [-0.4, -0.2) is 32.3 Å². The summed E-state index contributed by atoms with van der Waals surface area (Å²) in [5.74, 6) is 0.927. The molecule has 5 rings (SSSR count). The molecule has 4 aromatic rings. The lowest BCUT2D eigenvalue weighted by molar-refractivity contribution is 0.0570. The van der Waals surface area contributed by atoms with E-state index in [9.17, 15) is 9.18 Å². The molecule has 1 unspecified atom stereocenters. The molecule has 1 atom stereocenters. The zero-order valence-corrected chi connectivity index (χ0v) is 19.0. The van der Waals surface area contributed by atoms with E-state index in [4.69, 9.17) is 4.42 Å². The van der Waals surface area contributed by atoms with E-state index in [2.05, 4.69) is 15.0 Å². The van der Waals surface area contributed by atoms with E-state index in [0.29, 0.717) is 30.2 Å². The van der Waals surface area contributed by atoms with Crippen LogP contribution in [0, 0.1) is 12.7 Å². The van der Waals surface area contributed by atoms with Crippen LogP contribution < -0.4 is 0 Å². The van der Waals surface area contributed by atoms with Gasteiger partial charge in [0.2, 0.25) is 5.89 Å². The van der Waals surface area contributed by atoms with Gasteiger partial charge >= 0.3 is 0 Å². The Morgan fingerprint density at radius 1 is 1.18 bits per heavy atom. The molecule has 0 radical (unpaired) electrons. The normalized spacial score (nSPS) is 16.2. The Labute approximate surface area is 195 Å². The highest BCUT2D eigenvalue weighted by Gasteiger charge is 2.32. The highest BCUT2D eigenvalue weighted by Crippen LogP contribution is 2.33. The molecule has 1 aliphatic rings. The van der Waals surface area contributed by atoms with Crippen LogP contribution in [0.25, 0.3) is 10.6 Å². The summed E-state index contributed by atoms with van der Waals surface area (Å²) in [4.78, 5) is 29.6. The Balaban J connectivity index is 1.37. The Bertz CT molecular complexity index is 1270. The maximum atomic E-state index is 13.5. The first-order valence-corrected chi connectivity index (χ1v) is 11.8. The molecule has 6 nitrogen and oxygen atoms in total. The Morgan fingerprint density at radius 2 is 2.03 bits per heavy atom. The number of piperidine rings is 1. The van der Waals surface area contributed by atoms with Crippen molar-refractivity contribution in [2.45, 2.75) is 38.6 Å². The molecule has 0 saturated carbocycles. The first-order valence-electron chi connectivity index (χ1n) is 10.9. The molecule has 4 heterocycles. The number of hydrogen-bond acceptors (Lipinski definition) is 6. The number of oxazole rings is 1. The van der Waals surface area contributed by atoms with Crippen molar-refractivity contribution >= 4 is 17.2 Å². The van der Waals surface area contributed by atoms with Crippen molar-refractivity contribution in [2.75, 3.05) is 6.54 Å².